The molecule has 1 heterocycles. The molecule has 4 nitrogen and oxygen atoms in total. The van der Waals surface area contributed by atoms with E-state index >= 15 is 0 Å². The third-order valence-corrected chi connectivity index (χ3v) is 4.83. The Labute approximate surface area is 151 Å². The highest BCUT2D eigenvalue weighted by atomic mass is 19.2. The van der Waals surface area contributed by atoms with Gasteiger partial charge in [0.25, 0.3) is 5.91 Å². The first-order chi connectivity index (χ1) is 12.4. The highest BCUT2D eigenvalue weighted by Gasteiger charge is 2.38. The summed E-state index contributed by atoms with van der Waals surface area (Å²) in [6.07, 6.45) is -0.108. The number of likely N-dealkylation sites (tertiary alicyclic amines) is 1. The predicted molar refractivity (Wildman–Crippen MR) is 94.5 cm³/mol. The van der Waals surface area contributed by atoms with Crippen molar-refractivity contribution in [1.29, 1.82) is 0 Å². The molecule has 6 heteroatoms. The van der Waals surface area contributed by atoms with Crippen molar-refractivity contribution in [2.75, 3.05) is 19.6 Å². The van der Waals surface area contributed by atoms with Crippen molar-refractivity contribution in [2.24, 2.45) is 11.1 Å². The van der Waals surface area contributed by atoms with Crippen LogP contribution in [0.5, 0.6) is 5.75 Å². The van der Waals surface area contributed by atoms with E-state index in [2.05, 4.69) is 0 Å². The van der Waals surface area contributed by atoms with Gasteiger partial charge >= 0.3 is 0 Å². The lowest BCUT2D eigenvalue weighted by Crippen LogP contribution is -2.38. The third kappa shape index (κ3) is 3.85. The van der Waals surface area contributed by atoms with Crippen molar-refractivity contribution >= 4 is 5.91 Å². The maximum Gasteiger partial charge on any atom is 0.268 e. The molecule has 1 aliphatic rings. The highest BCUT2D eigenvalue weighted by Crippen LogP contribution is 2.32. The van der Waals surface area contributed by atoms with Crippen molar-refractivity contribution in [2.45, 2.75) is 19.4 Å². The van der Waals surface area contributed by atoms with Crippen LogP contribution < -0.4 is 10.5 Å². The van der Waals surface area contributed by atoms with Crippen molar-refractivity contribution in [1.82, 2.24) is 4.90 Å². The SMILES string of the molecule is CC1(CN)CCN(C(=O)C(Oc2ccc(F)c(F)c2)c2ccccc2)C1. The number of hydrogen-bond acceptors (Lipinski definition) is 3. The van der Waals surface area contributed by atoms with Crippen LogP contribution >= 0.6 is 0 Å². The smallest absolute Gasteiger partial charge is 0.268 e. The molecular formula is C20H22F2N2O2. The van der Waals surface area contributed by atoms with Gasteiger partial charge in [-0.15, -0.1) is 0 Å². The minimum Gasteiger partial charge on any atom is -0.476 e. The lowest BCUT2D eigenvalue weighted by atomic mass is 9.90. The van der Waals surface area contributed by atoms with Gasteiger partial charge in [0.2, 0.25) is 6.10 Å². The number of hydrogen-bond donors (Lipinski definition) is 1. The molecule has 2 aromatic carbocycles. The molecule has 1 fully saturated rings. The van der Waals surface area contributed by atoms with Crippen LogP contribution in [0.3, 0.4) is 0 Å². The maximum atomic E-state index is 13.5. The lowest BCUT2D eigenvalue weighted by molar-refractivity contribution is -0.138. The number of nitrogens with two attached hydrogens (primary N) is 1. The van der Waals surface area contributed by atoms with Crippen LogP contribution in [-0.4, -0.2) is 30.4 Å². The van der Waals surface area contributed by atoms with E-state index in [-0.39, 0.29) is 17.1 Å². The molecule has 1 aliphatic heterocycles. The summed E-state index contributed by atoms with van der Waals surface area (Å²) in [5, 5.41) is 0. The van der Waals surface area contributed by atoms with Crippen LogP contribution in [0.15, 0.2) is 48.5 Å². The molecule has 138 valence electrons. The fourth-order valence-electron chi connectivity index (χ4n) is 3.12. The molecule has 0 aromatic heterocycles. The zero-order valence-electron chi connectivity index (χ0n) is 14.6. The lowest BCUT2D eigenvalue weighted by Gasteiger charge is -2.27. The van der Waals surface area contributed by atoms with Gasteiger partial charge in [0.1, 0.15) is 5.75 Å². The summed E-state index contributed by atoms with van der Waals surface area (Å²) >= 11 is 0. The summed E-state index contributed by atoms with van der Waals surface area (Å²) in [4.78, 5) is 14.8. The van der Waals surface area contributed by atoms with Gasteiger partial charge in [0, 0.05) is 24.7 Å². The van der Waals surface area contributed by atoms with E-state index < -0.39 is 17.7 Å². The molecule has 3 rings (SSSR count). The molecule has 2 N–H and O–H groups in total. The van der Waals surface area contributed by atoms with Gasteiger partial charge in [-0.3, -0.25) is 4.79 Å². The largest absolute Gasteiger partial charge is 0.476 e. The van der Waals surface area contributed by atoms with E-state index in [0.717, 1.165) is 18.6 Å². The average molecular weight is 360 g/mol. The summed E-state index contributed by atoms with van der Waals surface area (Å²) in [7, 11) is 0. The minimum atomic E-state index is -1.02. The first-order valence-corrected chi connectivity index (χ1v) is 8.57. The zero-order chi connectivity index (χ0) is 18.7. The second-order valence-electron chi connectivity index (χ2n) is 7.01. The van der Waals surface area contributed by atoms with Gasteiger partial charge in [-0.2, -0.15) is 0 Å². The average Bonchev–Trinajstić information content (AvgIpc) is 3.06. The van der Waals surface area contributed by atoms with Crippen LogP contribution in [0, 0.1) is 17.0 Å². The maximum absolute atomic E-state index is 13.5. The molecule has 26 heavy (non-hydrogen) atoms. The zero-order valence-corrected chi connectivity index (χ0v) is 14.6. The number of nitrogens with zero attached hydrogens (tertiary/aromatic N) is 1. The number of rotatable bonds is 5. The summed E-state index contributed by atoms with van der Waals surface area (Å²) in [5.74, 6) is -2.08. The predicted octanol–water partition coefficient (Wildman–Crippen LogP) is 3.28. The Bertz CT molecular complexity index is 785. The number of benzene rings is 2. The van der Waals surface area contributed by atoms with E-state index in [1.165, 1.54) is 6.07 Å². The minimum absolute atomic E-state index is 0.104. The van der Waals surface area contributed by atoms with Gasteiger partial charge < -0.3 is 15.4 Å². The quantitative estimate of drug-likeness (QED) is 0.890. The van der Waals surface area contributed by atoms with E-state index in [1.807, 2.05) is 13.0 Å². The Balaban J connectivity index is 1.86. The molecule has 2 unspecified atom stereocenters. The standard InChI is InChI=1S/C20H22F2N2O2/c1-20(12-23)9-10-24(13-20)19(25)18(14-5-3-2-4-6-14)26-15-7-8-16(21)17(22)11-15/h2-8,11,18H,9-10,12-13,23H2,1H3. The molecule has 0 saturated carbocycles. The monoisotopic (exact) mass is 360 g/mol. The Morgan fingerprint density at radius 2 is 1.96 bits per heavy atom. The third-order valence-electron chi connectivity index (χ3n) is 4.83. The van der Waals surface area contributed by atoms with E-state index in [9.17, 15) is 13.6 Å². The summed E-state index contributed by atoms with van der Waals surface area (Å²) in [5.41, 5.74) is 6.37. The Kier molecular flexibility index (Phi) is 5.23. The molecule has 2 aromatic rings. The second kappa shape index (κ2) is 7.41. The summed E-state index contributed by atoms with van der Waals surface area (Å²) in [6.45, 7) is 3.69. The number of carbonyl (C=O) groups excluding carboxylic acids is 1. The molecule has 1 amide bonds. The number of carbonyl (C=O) groups is 1. The van der Waals surface area contributed by atoms with Gasteiger partial charge in [-0.1, -0.05) is 37.3 Å². The van der Waals surface area contributed by atoms with Gasteiger partial charge in [-0.05, 0) is 30.5 Å². The molecule has 2 atom stereocenters. The second-order valence-corrected chi connectivity index (χ2v) is 7.01. The number of ether oxygens (including phenoxy) is 1. The fraction of sp³-hybridized carbons (Fsp3) is 0.350. The van der Waals surface area contributed by atoms with Crippen molar-refractivity contribution in [3.05, 3.63) is 65.7 Å². The van der Waals surface area contributed by atoms with E-state index in [1.54, 1.807) is 29.2 Å². The van der Waals surface area contributed by atoms with Crippen LogP contribution in [0.4, 0.5) is 8.78 Å². The first kappa shape index (κ1) is 18.3. The van der Waals surface area contributed by atoms with E-state index in [4.69, 9.17) is 10.5 Å². The van der Waals surface area contributed by atoms with Crippen LogP contribution in [0.2, 0.25) is 0 Å². The molecule has 1 saturated heterocycles. The summed E-state index contributed by atoms with van der Waals surface area (Å²) < 4.78 is 32.5. The topological polar surface area (TPSA) is 55.6 Å². The Morgan fingerprint density at radius 3 is 2.58 bits per heavy atom. The molecule has 0 bridgehead atoms. The van der Waals surface area contributed by atoms with Crippen molar-refractivity contribution in [3.63, 3.8) is 0 Å². The summed E-state index contributed by atoms with van der Waals surface area (Å²) in [6, 6.07) is 12.3. The normalized spacial score (nSPS) is 20.8. The Morgan fingerprint density at radius 1 is 1.23 bits per heavy atom. The number of halogens is 2. The van der Waals surface area contributed by atoms with Gasteiger partial charge in [0.15, 0.2) is 11.6 Å². The van der Waals surface area contributed by atoms with Crippen LogP contribution in [-0.2, 0) is 4.79 Å². The first-order valence-electron chi connectivity index (χ1n) is 8.57. The van der Waals surface area contributed by atoms with Crippen LogP contribution in [0.1, 0.15) is 25.0 Å². The highest BCUT2D eigenvalue weighted by molar-refractivity contribution is 5.83. The molecular weight excluding hydrogens is 338 g/mol. The van der Waals surface area contributed by atoms with Crippen molar-refractivity contribution < 1.29 is 18.3 Å². The molecule has 0 aliphatic carbocycles. The van der Waals surface area contributed by atoms with E-state index in [0.29, 0.717) is 25.2 Å². The molecule has 0 spiro atoms. The van der Waals surface area contributed by atoms with Gasteiger partial charge in [0.05, 0.1) is 0 Å². The van der Waals surface area contributed by atoms with Crippen molar-refractivity contribution in [3.8, 4) is 5.75 Å². The fourth-order valence-corrected chi connectivity index (χ4v) is 3.12. The molecule has 0 radical (unpaired) electrons. The Hall–Kier alpha value is -2.47. The van der Waals surface area contributed by atoms with Gasteiger partial charge in [-0.25, -0.2) is 8.78 Å². The number of amides is 1. The van der Waals surface area contributed by atoms with Crippen LogP contribution in [0.25, 0.3) is 0 Å².